The quantitative estimate of drug-likeness (QED) is 0.397. The van der Waals surface area contributed by atoms with Crippen LogP contribution in [0.1, 0.15) is 18.1 Å². The number of rotatable bonds is 7. The van der Waals surface area contributed by atoms with Gasteiger partial charge in [0.1, 0.15) is 0 Å². The van der Waals surface area contributed by atoms with Gasteiger partial charge in [0.05, 0.1) is 21.9 Å². The van der Waals surface area contributed by atoms with E-state index in [4.69, 9.17) is 0 Å². The number of benzene rings is 2. The molecule has 1 aromatic heterocycles. The third-order valence-corrected chi connectivity index (χ3v) is 4.45. The molecule has 3 aromatic rings. The molecule has 3 rings (SSSR count). The van der Waals surface area contributed by atoms with Crippen molar-refractivity contribution in [1.82, 2.24) is 14.9 Å². The van der Waals surface area contributed by atoms with Crippen LogP contribution >= 0.6 is 0 Å². The van der Waals surface area contributed by atoms with E-state index in [-0.39, 0.29) is 25.2 Å². The number of amides is 1. The molecule has 0 aliphatic carbocycles. The number of H-pyrrole nitrogens is 1. The van der Waals surface area contributed by atoms with E-state index >= 15 is 0 Å². The number of aromatic nitrogens is 2. The lowest BCUT2D eigenvalue weighted by Gasteiger charge is -2.13. The van der Waals surface area contributed by atoms with Gasteiger partial charge in [0, 0.05) is 31.6 Å². The van der Waals surface area contributed by atoms with Gasteiger partial charge in [-0.3, -0.25) is 29.3 Å². The number of aromatic amines is 1. The van der Waals surface area contributed by atoms with Gasteiger partial charge in [-0.2, -0.15) is 0 Å². The average Bonchev–Trinajstić information content (AvgIpc) is 2.72. The fraction of sp³-hybridized carbons (Fsp3) is 0.211. The van der Waals surface area contributed by atoms with Gasteiger partial charge >= 0.3 is 5.69 Å². The Morgan fingerprint density at radius 1 is 1.17 bits per heavy atom. The lowest BCUT2D eigenvalue weighted by atomic mass is 10.1. The second-order valence-electron chi connectivity index (χ2n) is 6.35. The number of hydrogen-bond donors (Lipinski definition) is 3. The smallest absolute Gasteiger partial charge is 0.328 e. The lowest BCUT2D eigenvalue weighted by molar-refractivity contribution is -0.384. The van der Waals surface area contributed by atoms with Gasteiger partial charge in [0.15, 0.2) is 0 Å². The summed E-state index contributed by atoms with van der Waals surface area (Å²) in [5.74, 6) is -0.395. The maximum absolute atomic E-state index is 12.1. The van der Waals surface area contributed by atoms with Crippen LogP contribution in [0.3, 0.4) is 0 Å². The zero-order valence-electron chi connectivity index (χ0n) is 15.2. The number of carbonyl (C=O) groups is 1. The topological polar surface area (TPSA) is 147 Å². The van der Waals surface area contributed by atoms with Crippen LogP contribution in [0.4, 0.5) is 5.69 Å². The summed E-state index contributed by atoms with van der Waals surface area (Å²) in [6.07, 6.45) is -1.07. The molecule has 29 heavy (non-hydrogen) atoms. The van der Waals surface area contributed by atoms with Crippen molar-refractivity contribution in [1.29, 1.82) is 0 Å². The molecule has 1 atom stereocenters. The van der Waals surface area contributed by atoms with E-state index in [0.29, 0.717) is 16.5 Å². The molecule has 1 unspecified atom stereocenters. The Balaban J connectivity index is 1.61. The molecule has 1 heterocycles. The second kappa shape index (κ2) is 8.48. The summed E-state index contributed by atoms with van der Waals surface area (Å²) in [4.78, 5) is 48.4. The Bertz CT molecular complexity index is 1170. The van der Waals surface area contributed by atoms with Gasteiger partial charge in [0.2, 0.25) is 5.91 Å². The molecule has 10 nitrogen and oxygen atoms in total. The number of fused-ring (bicyclic) bond motifs is 1. The number of non-ortho nitro benzene ring substituents is 1. The van der Waals surface area contributed by atoms with E-state index in [2.05, 4.69) is 10.3 Å². The average molecular weight is 398 g/mol. The number of hydrogen-bond acceptors (Lipinski definition) is 6. The van der Waals surface area contributed by atoms with Gasteiger partial charge in [-0.15, -0.1) is 0 Å². The molecule has 0 saturated heterocycles. The molecular weight excluding hydrogens is 380 g/mol. The second-order valence-corrected chi connectivity index (χ2v) is 6.35. The van der Waals surface area contributed by atoms with Crippen LogP contribution in [0.5, 0.6) is 0 Å². The summed E-state index contributed by atoms with van der Waals surface area (Å²) in [6.45, 7) is -0.0342. The predicted molar refractivity (Wildman–Crippen MR) is 105 cm³/mol. The number of aliphatic hydroxyl groups is 1. The maximum Gasteiger partial charge on any atom is 0.328 e. The molecule has 0 aliphatic rings. The molecule has 0 radical (unpaired) electrons. The first-order valence-electron chi connectivity index (χ1n) is 8.78. The molecule has 0 aliphatic heterocycles. The van der Waals surface area contributed by atoms with Crippen LogP contribution < -0.4 is 16.6 Å². The third kappa shape index (κ3) is 4.55. The van der Waals surface area contributed by atoms with E-state index in [1.807, 2.05) is 0 Å². The molecular formula is C19H18N4O6. The number of aryl methyl sites for hydroxylation is 1. The van der Waals surface area contributed by atoms with Crippen molar-refractivity contribution in [3.8, 4) is 0 Å². The van der Waals surface area contributed by atoms with Crippen molar-refractivity contribution in [3.05, 3.63) is 85.0 Å². The van der Waals surface area contributed by atoms with E-state index in [9.17, 15) is 29.6 Å². The summed E-state index contributed by atoms with van der Waals surface area (Å²) in [5, 5.41) is 23.7. The van der Waals surface area contributed by atoms with Crippen molar-refractivity contribution >= 4 is 22.5 Å². The maximum atomic E-state index is 12.1. The number of para-hydroxylation sites is 1. The van der Waals surface area contributed by atoms with Crippen LogP contribution in [0, 0.1) is 10.1 Å². The molecule has 2 aromatic carbocycles. The molecule has 1 amide bonds. The highest BCUT2D eigenvalue weighted by molar-refractivity contribution is 5.78. The summed E-state index contributed by atoms with van der Waals surface area (Å²) in [6, 6.07) is 12.0. The van der Waals surface area contributed by atoms with Crippen molar-refractivity contribution in [2.45, 2.75) is 19.1 Å². The number of nitro groups is 1. The number of nitro benzene ring substituents is 1. The van der Waals surface area contributed by atoms with Crippen molar-refractivity contribution in [2.24, 2.45) is 0 Å². The van der Waals surface area contributed by atoms with Gasteiger partial charge in [-0.1, -0.05) is 12.1 Å². The Labute approximate surface area is 163 Å². The zero-order chi connectivity index (χ0) is 21.0. The SMILES string of the molecule is O=C(CCn1c(=O)[nH]c(=O)c2ccccc21)NCC(O)c1ccc([N+](=O)[O-])cc1. The third-order valence-electron chi connectivity index (χ3n) is 4.45. The fourth-order valence-corrected chi connectivity index (χ4v) is 2.91. The summed E-state index contributed by atoms with van der Waals surface area (Å²) in [7, 11) is 0. The minimum atomic E-state index is -1.03. The van der Waals surface area contributed by atoms with Crippen molar-refractivity contribution < 1.29 is 14.8 Å². The van der Waals surface area contributed by atoms with Crippen molar-refractivity contribution in [2.75, 3.05) is 6.54 Å². The minimum Gasteiger partial charge on any atom is -0.387 e. The van der Waals surface area contributed by atoms with Crippen LogP contribution in [-0.4, -0.2) is 32.0 Å². The summed E-state index contributed by atoms with van der Waals surface area (Å²) in [5.41, 5.74) is -0.327. The van der Waals surface area contributed by atoms with Crippen LogP contribution in [0.15, 0.2) is 58.1 Å². The van der Waals surface area contributed by atoms with Crippen molar-refractivity contribution in [3.63, 3.8) is 0 Å². The minimum absolute atomic E-state index is 0.0388. The highest BCUT2D eigenvalue weighted by Crippen LogP contribution is 2.17. The number of nitrogens with one attached hydrogen (secondary N) is 2. The van der Waals surface area contributed by atoms with Gasteiger partial charge in [-0.25, -0.2) is 4.79 Å². The Hall–Kier alpha value is -3.79. The van der Waals surface area contributed by atoms with E-state index < -0.39 is 28.2 Å². The van der Waals surface area contributed by atoms with E-state index in [1.54, 1.807) is 24.3 Å². The number of aliphatic hydroxyl groups excluding tert-OH is 1. The number of carbonyl (C=O) groups excluding carboxylic acids is 1. The first-order valence-corrected chi connectivity index (χ1v) is 8.78. The van der Waals surface area contributed by atoms with Gasteiger partial charge in [-0.05, 0) is 29.8 Å². The molecule has 0 bridgehead atoms. The fourth-order valence-electron chi connectivity index (χ4n) is 2.91. The standard InChI is InChI=1S/C19H18N4O6/c24-16(12-5-7-13(8-6-12)23(28)29)11-20-17(25)9-10-22-15-4-2-1-3-14(15)18(26)21-19(22)27/h1-8,16,24H,9-11H2,(H,20,25)(H,21,26,27). The lowest BCUT2D eigenvalue weighted by Crippen LogP contribution is -2.33. The van der Waals surface area contributed by atoms with E-state index in [0.717, 1.165) is 0 Å². The van der Waals surface area contributed by atoms with Gasteiger partial charge in [0.25, 0.3) is 11.2 Å². The molecule has 3 N–H and O–H groups in total. The molecule has 0 saturated carbocycles. The first kappa shape index (κ1) is 20.0. The summed E-state index contributed by atoms with van der Waals surface area (Å²) < 4.78 is 1.31. The molecule has 0 spiro atoms. The molecule has 10 heteroatoms. The Kier molecular flexibility index (Phi) is 5.84. The highest BCUT2D eigenvalue weighted by atomic mass is 16.6. The normalized spacial score (nSPS) is 11.9. The zero-order valence-corrected chi connectivity index (χ0v) is 15.2. The van der Waals surface area contributed by atoms with E-state index in [1.165, 1.54) is 28.8 Å². The Morgan fingerprint density at radius 3 is 2.55 bits per heavy atom. The largest absolute Gasteiger partial charge is 0.387 e. The molecule has 0 fully saturated rings. The monoisotopic (exact) mass is 398 g/mol. The highest BCUT2D eigenvalue weighted by Gasteiger charge is 2.13. The first-order chi connectivity index (χ1) is 13.9. The van der Waals surface area contributed by atoms with Crippen LogP contribution in [-0.2, 0) is 11.3 Å². The van der Waals surface area contributed by atoms with Crippen LogP contribution in [0.2, 0.25) is 0 Å². The Morgan fingerprint density at radius 2 is 1.86 bits per heavy atom. The van der Waals surface area contributed by atoms with Crippen LogP contribution in [0.25, 0.3) is 10.9 Å². The van der Waals surface area contributed by atoms with Gasteiger partial charge < -0.3 is 10.4 Å². The predicted octanol–water partition coefficient (Wildman–Crippen LogP) is 0.838. The number of nitrogens with zero attached hydrogens (tertiary/aromatic N) is 2. The summed E-state index contributed by atoms with van der Waals surface area (Å²) >= 11 is 0. The molecule has 150 valence electrons.